The third-order valence-electron chi connectivity index (χ3n) is 4.68. The molecular weight excluding hydrogens is 508 g/mol. The Morgan fingerprint density at radius 3 is 2.63 bits per heavy atom. The second kappa shape index (κ2) is 11.1. The molecule has 2 N–H and O–H groups in total. The molecule has 0 saturated carbocycles. The van der Waals surface area contributed by atoms with Crippen molar-refractivity contribution in [3.63, 3.8) is 0 Å². The third-order valence-corrected chi connectivity index (χ3v) is 6.76. The lowest BCUT2D eigenvalue weighted by Gasteiger charge is -2.08. The van der Waals surface area contributed by atoms with E-state index in [1.807, 2.05) is 29.6 Å². The maximum absolute atomic E-state index is 12.5. The quantitative estimate of drug-likeness (QED) is 0.157. The second-order valence-electron chi connectivity index (χ2n) is 7.14. The summed E-state index contributed by atoms with van der Waals surface area (Å²) in [6, 6.07) is 19.9. The number of benzene rings is 3. The molecule has 4 aromatic rings. The summed E-state index contributed by atoms with van der Waals surface area (Å²) in [7, 11) is 0. The van der Waals surface area contributed by atoms with Gasteiger partial charge < -0.3 is 10.6 Å². The fourth-order valence-electron chi connectivity index (χ4n) is 3.06. The van der Waals surface area contributed by atoms with Crippen LogP contribution in [0.25, 0.3) is 11.3 Å². The maximum atomic E-state index is 12.5. The van der Waals surface area contributed by atoms with Crippen LogP contribution >= 0.6 is 34.7 Å². The first-order chi connectivity index (χ1) is 16.9. The number of nitrogens with one attached hydrogen (secondary N) is 2. The van der Waals surface area contributed by atoms with Crippen molar-refractivity contribution in [2.24, 2.45) is 0 Å². The van der Waals surface area contributed by atoms with Crippen LogP contribution < -0.4 is 10.6 Å². The maximum Gasteiger partial charge on any atom is 0.270 e. The van der Waals surface area contributed by atoms with E-state index in [9.17, 15) is 19.7 Å². The summed E-state index contributed by atoms with van der Waals surface area (Å²) in [5.74, 6) is -0.545. The number of anilines is 2. The van der Waals surface area contributed by atoms with Gasteiger partial charge in [-0.05, 0) is 30.3 Å². The monoisotopic (exact) mass is 524 g/mol. The van der Waals surface area contributed by atoms with Gasteiger partial charge in [-0.2, -0.15) is 0 Å². The number of hydrogen-bond acceptors (Lipinski definition) is 7. The number of carbonyl (C=O) groups excluding carboxylic acids is 2. The lowest BCUT2D eigenvalue weighted by Crippen LogP contribution is -2.14. The largest absolute Gasteiger partial charge is 0.322 e. The minimum absolute atomic E-state index is 0.142. The van der Waals surface area contributed by atoms with Crippen molar-refractivity contribution in [3.05, 3.63) is 98.9 Å². The van der Waals surface area contributed by atoms with Crippen LogP contribution in [0.15, 0.2) is 83.1 Å². The zero-order valence-corrected chi connectivity index (χ0v) is 20.3. The summed E-state index contributed by atoms with van der Waals surface area (Å²) in [6.07, 6.45) is 0. The van der Waals surface area contributed by atoms with Gasteiger partial charge in [0.15, 0.2) is 5.13 Å². The van der Waals surface area contributed by atoms with Crippen LogP contribution in [0, 0.1) is 10.1 Å². The average Bonchev–Trinajstić information content (AvgIpc) is 3.31. The smallest absolute Gasteiger partial charge is 0.270 e. The molecule has 11 heteroatoms. The van der Waals surface area contributed by atoms with E-state index in [-0.39, 0.29) is 22.9 Å². The number of nitrogens with zero attached hydrogens (tertiary/aromatic N) is 2. The van der Waals surface area contributed by atoms with Crippen molar-refractivity contribution in [2.75, 3.05) is 16.4 Å². The Kier molecular flexibility index (Phi) is 7.76. The molecule has 0 unspecified atom stereocenters. The number of nitro groups is 1. The van der Waals surface area contributed by atoms with Crippen molar-refractivity contribution in [3.8, 4) is 11.3 Å². The van der Waals surface area contributed by atoms with Crippen molar-refractivity contribution in [2.45, 2.75) is 4.90 Å². The van der Waals surface area contributed by atoms with Crippen LogP contribution in [0.1, 0.15) is 10.4 Å². The van der Waals surface area contributed by atoms with E-state index in [0.717, 1.165) is 10.5 Å². The first-order valence-electron chi connectivity index (χ1n) is 10.2. The molecule has 4 rings (SSSR count). The molecule has 0 radical (unpaired) electrons. The number of amides is 2. The molecule has 0 aliphatic heterocycles. The Morgan fingerprint density at radius 1 is 1.03 bits per heavy atom. The topological polar surface area (TPSA) is 114 Å². The van der Waals surface area contributed by atoms with E-state index < -0.39 is 10.8 Å². The van der Waals surface area contributed by atoms with Gasteiger partial charge in [0.1, 0.15) is 0 Å². The summed E-state index contributed by atoms with van der Waals surface area (Å²) < 4.78 is 0. The Bertz CT molecular complexity index is 1410. The number of aromatic nitrogens is 1. The highest BCUT2D eigenvalue weighted by atomic mass is 35.5. The van der Waals surface area contributed by atoms with E-state index in [4.69, 9.17) is 11.6 Å². The fourth-order valence-corrected chi connectivity index (χ4v) is 4.77. The molecule has 176 valence electrons. The Morgan fingerprint density at radius 2 is 1.83 bits per heavy atom. The molecule has 3 aromatic carbocycles. The molecule has 35 heavy (non-hydrogen) atoms. The average molecular weight is 525 g/mol. The van der Waals surface area contributed by atoms with Gasteiger partial charge in [0.05, 0.1) is 16.4 Å². The van der Waals surface area contributed by atoms with Crippen LogP contribution in [-0.4, -0.2) is 27.5 Å². The molecule has 8 nitrogen and oxygen atoms in total. The zero-order valence-electron chi connectivity index (χ0n) is 17.9. The molecule has 0 bridgehead atoms. The van der Waals surface area contributed by atoms with E-state index >= 15 is 0 Å². The number of halogens is 1. The first kappa shape index (κ1) is 24.4. The van der Waals surface area contributed by atoms with Crippen molar-refractivity contribution in [1.82, 2.24) is 4.98 Å². The van der Waals surface area contributed by atoms with Crippen molar-refractivity contribution >= 4 is 63.0 Å². The third kappa shape index (κ3) is 6.44. The molecule has 2 amide bonds. The van der Waals surface area contributed by atoms with Crippen LogP contribution in [0.5, 0.6) is 0 Å². The normalized spacial score (nSPS) is 10.5. The zero-order chi connectivity index (χ0) is 24.8. The highest BCUT2D eigenvalue weighted by Crippen LogP contribution is 2.30. The van der Waals surface area contributed by atoms with Gasteiger partial charge in [-0.25, -0.2) is 4.98 Å². The van der Waals surface area contributed by atoms with E-state index in [0.29, 0.717) is 21.5 Å². The van der Waals surface area contributed by atoms with E-state index in [1.165, 1.54) is 47.4 Å². The Hall–Kier alpha value is -3.73. The molecule has 1 heterocycles. The predicted octanol–water partition coefficient (Wildman–Crippen LogP) is 6.35. The van der Waals surface area contributed by atoms with Gasteiger partial charge in [0, 0.05) is 44.2 Å². The lowest BCUT2D eigenvalue weighted by atomic mass is 10.2. The number of carbonyl (C=O) groups is 2. The molecule has 0 spiro atoms. The molecule has 0 fully saturated rings. The Labute approximate surface area is 213 Å². The number of nitro benzene ring substituents is 1. The highest BCUT2D eigenvalue weighted by Gasteiger charge is 2.13. The standard InChI is InChI=1S/C24H17ClN4O4S2/c25-20-10-2-1-9-19(20)21-13-35-24(27-21)28-22(30)14-34-18-8-4-6-16(12-18)26-23(31)15-5-3-7-17(11-15)29(32)33/h1-13H,14H2,(H,26,31)(H,27,28,30). The van der Waals surface area contributed by atoms with Gasteiger partial charge in [0.25, 0.3) is 11.6 Å². The van der Waals surface area contributed by atoms with Crippen LogP contribution in [0.4, 0.5) is 16.5 Å². The van der Waals surface area contributed by atoms with Gasteiger partial charge in [0.2, 0.25) is 5.91 Å². The molecule has 0 atom stereocenters. The van der Waals surface area contributed by atoms with Crippen molar-refractivity contribution < 1.29 is 14.5 Å². The number of thioether (sulfide) groups is 1. The summed E-state index contributed by atoms with van der Waals surface area (Å²) in [5, 5.41) is 19.3. The van der Waals surface area contributed by atoms with Crippen LogP contribution in [0.2, 0.25) is 5.02 Å². The summed E-state index contributed by atoms with van der Waals surface area (Å²) >= 11 is 8.82. The molecule has 0 aliphatic rings. The lowest BCUT2D eigenvalue weighted by molar-refractivity contribution is -0.384. The van der Waals surface area contributed by atoms with Gasteiger partial charge in [-0.3, -0.25) is 19.7 Å². The van der Waals surface area contributed by atoms with E-state index in [2.05, 4.69) is 15.6 Å². The van der Waals surface area contributed by atoms with Crippen molar-refractivity contribution in [1.29, 1.82) is 0 Å². The fraction of sp³-hybridized carbons (Fsp3) is 0.0417. The first-order valence-corrected chi connectivity index (χ1v) is 12.4. The van der Waals surface area contributed by atoms with E-state index in [1.54, 1.807) is 24.3 Å². The van der Waals surface area contributed by atoms with Gasteiger partial charge in [-0.15, -0.1) is 23.1 Å². The summed E-state index contributed by atoms with van der Waals surface area (Å²) in [4.78, 5) is 40.5. The second-order valence-corrected chi connectivity index (χ2v) is 9.46. The molecule has 0 aliphatic carbocycles. The predicted molar refractivity (Wildman–Crippen MR) is 139 cm³/mol. The van der Waals surface area contributed by atoms with Crippen LogP contribution in [-0.2, 0) is 4.79 Å². The summed E-state index contributed by atoms with van der Waals surface area (Å²) in [5.41, 5.74) is 2.01. The molecular formula is C24H17ClN4O4S2. The number of non-ortho nitro benzene ring substituents is 1. The summed E-state index contributed by atoms with van der Waals surface area (Å²) in [6.45, 7) is 0. The molecule has 1 aromatic heterocycles. The van der Waals surface area contributed by atoms with Gasteiger partial charge in [-0.1, -0.05) is 41.9 Å². The van der Waals surface area contributed by atoms with Crippen LogP contribution in [0.3, 0.4) is 0 Å². The van der Waals surface area contributed by atoms with Gasteiger partial charge >= 0.3 is 0 Å². The number of thiazole rings is 1. The number of rotatable bonds is 8. The minimum atomic E-state index is -0.553. The number of hydrogen-bond donors (Lipinski definition) is 2. The molecule has 0 saturated heterocycles. The Balaban J connectivity index is 1.33. The highest BCUT2D eigenvalue weighted by molar-refractivity contribution is 8.00. The minimum Gasteiger partial charge on any atom is -0.322 e. The SMILES string of the molecule is O=C(CSc1cccc(NC(=O)c2cccc([N+](=O)[O-])c2)c1)Nc1nc(-c2ccccc2Cl)cs1.